The first-order valence-corrected chi connectivity index (χ1v) is 5.90. The smallest absolute Gasteiger partial charge is 0.168 e. The number of nitrogens with zero attached hydrogens (tertiary/aromatic N) is 1. The Morgan fingerprint density at radius 1 is 1.35 bits per heavy atom. The lowest BCUT2D eigenvalue weighted by Gasteiger charge is -2.15. The maximum atomic E-state index is 13.5. The molecule has 0 bridgehead atoms. The van der Waals surface area contributed by atoms with Crippen LogP contribution >= 0.6 is 0 Å². The minimum atomic E-state index is -0.676. The summed E-state index contributed by atoms with van der Waals surface area (Å²) in [6.45, 7) is 1.99. The summed E-state index contributed by atoms with van der Waals surface area (Å²) in [5.41, 5.74) is 0. The molecule has 1 saturated carbocycles. The van der Waals surface area contributed by atoms with E-state index in [2.05, 4.69) is 15.6 Å². The first-order chi connectivity index (χ1) is 8.10. The summed E-state index contributed by atoms with van der Waals surface area (Å²) in [5.74, 6) is -0.393. The average molecular weight is 241 g/mol. The Morgan fingerprint density at radius 2 is 2.00 bits per heavy atom. The Bertz CT molecular complexity index is 405. The highest BCUT2D eigenvalue weighted by Crippen LogP contribution is 2.34. The van der Waals surface area contributed by atoms with Gasteiger partial charge in [-0.15, -0.1) is 0 Å². The Hall–Kier alpha value is -1.39. The van der Waals surface area contributed by atoms with Crippen LogP contribution in [0.3, 0.4) is 0 Å². The molecule has 0 spiro atoms. The van der Waals surface area contributed by atoms with Crippen molar-refractivity contribution < 1.29 is 8.78 Å². The van der Waals surface area contributed by atoms with Crippen LogP contribution in [0.4, 0.5) is 20.4 Å². The third-order valence-electron chi connectivity index (χ3n) is 2.93. The van der Waals surface area contributed by atoms with Crippen molar-refractivity contribution in [2.75, 3.05) is 17.7 Å². The molecule has 1 aromatic heterocycles. The van der Waals surface area contributed by atoms with Crippen molar-refractivity contribution in [2.45, 2.75) is 32.2 Å². The van der Waals surface area contributed by atoms with E-state index < -0.39 is 11.6 Å². The summed E-state index contributed by atoms with van der Waals surface area (Å²) in [7, 11) is 1.56. The SMILES string of the molecule is CNc1nc(NC(C)CC2CC2)c(F)cc1F. The van der Waals surface area contributed by atoms with Crippen LogP contribution in [-0.4, -0.2) is 18.1 Å². The number of aromatic nitrogens is 1. The Kier molecular flexibility index (Phi) is 3.45. The molecule has 1 atom stereocenters. The van der Waals surface area contributed by atoms with E-state index in [4.69, 9.17) is 0 Å². The van der Waals surface area contributed by atoms with Gasteiger partial charge in [-0.05, 0) is 19.3 Å². The van der Waals surface area contributed by atoms with Gasteiger partial charge in [-0.1, -0.05) is 12.8 Å². The second kappa shape index (κ2) is 4.85. The Morgan fingerprint density at radius 3 is 2.59 bits per heavy atom. The molecular formula is C12H17F2N3. The Labute approximate surface area is 99.6 Å². The summed E-state index contributed by atoms with van der Waals surface area (Å²) in [4.78, 5) is 3.89. The normalized spacial score (nSPS) is 16.7. The van der Waals surface area contributed by atoms with Crippen LogP contribution < -0.4 is 10.6 Å². The third-order valence-corrected chi connectivity index (χ3v) is 2.93. The molecule has 5 heteroatoms. The topological polar surface area (TPSA) is 37.0 Å². The zero-order valence-electron chi connectivity index (χ0n) is 10.1. The molecular weight excluding hydrogens is 224 g/mol. The molecule has 2 rings (SSSR count). The molecule has 2 N–H and O–H groups in total. The van der Waals surface area contributed by atoms with Gasteiger partial charge in [0.15, 0.2) is 23.3 Å². The summed E-state index contributed by atoms with van der Waals surface area (Å²) in [6.07, 6.45) is 3.52. The van der Waals surface area contributed by atoms with E-state index in [1.165, 1.54) is 12.8 Å². The molecule has 3 nitrogen and oxygen atoms in total. The number of anilines is 2. The van der Waals surface area contributed by atoms with E-state index in [1.54, 1.807) is 7.05 Å². The van der Waals surface area contributed by atoms with Gasteiger partial charge < -0.3 is 10.6 Å². The monoisotopic (exact) mass is 241 g/mol. The molecule has 17 heavy (non-hydrogen) atoms. The number of halogens is 2. The molecule has 1 heterocycles. The van der Waals surface area contributed by atoms with E-state index in [-0.39, 0.29) is 17.7 Å². The predicted octanol–water partition coefficient (Wildman–Crippen LogP) is 3.00. The quantitative estimate of drug-likeness (QED) is 0.832. The highest BCUT2D eigenvalue weighted by molar-refractivity contribution is 5.47. The van der Waals surface area contributed by atoms with Crippen LogP contribution in [0.1, 0.15) is 26.2 Å². The number of pyridine rings is 1. The van der Waals surface area contributed by atoms with Crippen molar-refractivity contribution in [1.29, 1.82) is 0 Å². The van der Waals surface area contributed by atoms with E-state index in [0.717, 1.165) is 18.4 Å². The molecule has 1 aliphatic rings. The van der Waals surface area contributed by atoms with Gasteiger partial charge in [-0.25, -0.2) is 13.8 Å². The fourth-order valence-corrected chi connectivity index (χ4v) is 1.89. The van der Waals surface area contributed by atoms with Crippen molar-refractivity contribution in [3.63, 3.8) is 0 Å². The second-order valence-corrected chi connectivity index (χ2v) is 4.62. The summed E-state index contributed by atoms with van der Waals surface area (Å²) in [5, 5.41) is 5.59. The van der Waals surface area contributed by atoms with Gasteiger partial charge in [-0.3, -0.25) is 0 Å². The van der Waals surface area contributed by atoms with Crippen LogP contribution in [0.25, 0.3) is 0 Å². The predicted molar refractivity (Wildman–Crippen MR) is 64.1 cm³/mol. The lowest BCUT2D eigenvalue weighted by atomic mass is 10.1. The lowest BCUT2D eigenvalue weighted by Crippen LogP contribution is -2.18. The summed E-state index contributed by atoms with van der Waals surface area (Å²) in [6, 6.07) is 1.00. The molecule has 1 aliphatic carbocycles. The van der Waals surface area contributed by atoms with Gasteiger partial charge >= 0.3 is 0 Å². The van der Waals surface area contributed by atoms with Gasteiger partial charge in [0, 0.05) is 19.2 Å². The number of nitrogens with one attached hydrogen (secondary N) is 2. The first-order valence-electron chi connectivity index (χ1n) is 5.90. The second-order valence-electron chi connectivity index (χ2n) is 4.62. The van der Waals surface area contributed by atoms with Crippen molar-refractivity contribution in [2.24, 2.45) is 5.92 Å². The standard InChI is InChI=1S/C12H17F2N3/c1-7(5-8-3-4-8)16-12-10(14)6-9(13)11(15-2)17-12/h6-8H,3-5H2,1-2H3,(H2,15,16,17). The highest BCUT2D eigenvalue weighted by Gasteiger charge is 2.24. The minimum Gasteiger partial charge on any atom is -0.371 e. The number of hydrogen-bond acceptors (Lipinski definition) is 3. The van der Waals surface area contributed by atoms with Crippen LogP contribution in [0.2, 0.25) is 0 Å². The average Bonchev–Trinajstić information content (AvgIpc) is 3.06. The highest BCUT2D eigenvalue weighted by atomic mass is 19.1. The van der Waals surface area contributed by atoms with Crippen molar-refractivity contribution in [1.82, 2.24) is 4.98 Å². The molecule has 0 saturated heterocycles. The van der Waals surface area contributed by atoms with Crippen LogP contribution in [0, 0.1) is 17.6 Å². The van der Waals surface area contributed by atoms with Gasteiger partial charge in [0.25, 0.3) is 0 Å². The molecule has 0 aliphatic heterocycles. The van der Waals surface area contributed by atoms with Gasteiger partial charge in [0.2, 0.25) is 0 Å². The van der Waals surface area contributed by atoms with Crippen molar-refractivity contribution >= 4 is 11.6 Å². The fourth-order valence-electron chi connectivity index (χ4n) is 1.89. The van der Waals surface area contributed by atoms with Gasteiger partial charge in [-0.2, -0.15) is 0 Å². The minimum absolute atomic E-state index is 0.0625. The Balaban J connectivity index is 2.07. The lowest BCUT2D eigenvalue weighted by molar-refractivity contribution is 0.571. The largest absolute Gasteiger partial charge is 0.371 e. The summed E-state index contributed by atoms with van der Waals surface area (Å²) >= 11 is 0. The van der Waals surface area contributed by atoms with E-state index in [9.17, 15) is 8.78 Å². The maximum absolute atomic E-state index is 13.5. The molecule has 0 amide bonds. The zero-order valence-corrected chi connectivity index (χ0v) is 10.1. The molecule has 94 valence electrons. The van der Waals surface area contributed by atoms with Gasteiger partial charge in [0.1, 0.15) is 0 Å². The van der Waals surface area contributed by atoms with Gasteiger partial charge in [0.05, 0.1) is 0 Å². The van der Waals surface area contributed by atoms with Crippen LogP contribution in [0.15, 0.2) is 6.07 Å². The first kappa shape index (κ1) is 12.1. The number of hydrogen-bond donors (Lipinski definition) is 2. The molecule has 1 aromatic rings. The molecule has 1 fully saturated rings. The summed E-state index contributed by atoms with van der Waals surface area (Å²) < 4.78 is 26.7. The van der Waals surface area contributed by atoms with E-state index >= 15 is 0 Å². The number of rotatable bonds is 5. The fraction of sp³-hybridized carbons (Fsp3) is 0.583. The molecule has 0 aromatic carbocycles. The van der Waals surface area contributed by atoms with E-state index in [0.29, 0.717) is 0 Å². The van der Waals surface area contributed by atoms with Crippen LogP contribution in [-0.2, 0) is 0 Å². The third kappa shape index (κ3) is 3.05. The van der Waals surface area contributed by atoms with E-state index in [1.807, 2.05) is 6.92 Å². The zero-order chi connectivity index (χ0) is 12.4. The van der Waals surface area contributed by atoms with Crippen molar-refractivity contribution in [3.05, 3.63) is 17.7 Å². The molecule has 1 unspecified atom stereocenters. The maximum Gasteiger partial charge on any atom is 0.168 e. The van der Waals surface area contributed by atoms with Crippen molar-refractivity contribution in [3.8, 4) is 0 Å². The molecule has 0 radical (unpaired) electrons. The van der Waals surface area contributed by atoms with Crippen LogP contribution in [0.5, 0.6) is 0 Å².